The second-order valence-electron chi connectivity index (χ2n) is 4.64. The van der Waals surface area contributed by atoms with E-state index in [1.165, 1.54) is 0 Å². The predicted molar refractivity (Wildman–Crippen MR) is 74.2 cm³/mol. The van der Waals surface area contributed by atoms with Crippen LogP contribution in [-0.4, -0.2) is 20.5 Å². The third kappa shape index (κ3) is 2.42. The summed E-state index contributed by atoms with van der Waals surface area (Å²) in [6, 6.07) is 9.84. The lowest BCUT2D eigenvalue weighted by Crippen LogP contribution is -2.05. The number of hydrogen-bond acceptors (Lipinski definition) is 3. The minimum Gasteiger partial charge on any atom is -0.491 e. The van der Waals surface area contributed by atoms with E-state index in [-0.39, 0.29) is 6.10 Å². The molecule has 0 bridgehead atoms. The molecule has 19 heavy (non-hydrogen) atoms. The van der Waals surface area contributed by atoms with Crippen LogP contribution in [0.3, 0.4) is 0 Å². The van der Waals surface area contributed by atoms with Crippen molar-refractivity contribution in [1.82, 2.24) is 14.4 Å². The van der Waals surface area contributed by atoms with E-state index in [0.29, 0.717) is 5.78 Å². The molecule has 1 aromatic carbocycles. The van der Waals surface area contributed by atoms with E-state index in [4.69, 9.17) is 4.74 Å². The van der Waals surface area contributed by atoms with Crippen LogP contribution in [0, 0.1) is 0 Å². The monoisotopic (exact) mass is 253 g/mol. The molecule has 96 valence electrons. The Hall–Kier alpha value is -2.36. The number of benzene rings is 1. The van der Waals surface area contributed by atoms with Gasteiger partial charge in [0.2, 0.25) is 5.78 Å². The van der Waals surface area contributed by atoms with E-state index in [0.717, 1.165) is 17.0 Å². The molecule has 4 nitrogen and oxygen atoms in total. The van der Waals surface area contributed by atoms with Gasteiger partial charge in [0.25, 0.3) is 0 Å². The lowest BCUT2D eigenvalue weighted by atomic mass is 10.1. The highest BCUT2D eigenvalue weighted by Gasteiger charge is 2.05. The molecule has 0 saturated heterocycles. The first-order chi connectivity index (χ1) is 9.22. The molecule has 2 heterocycles. The van der Waals surface area contributed by atoms with Gasteiger partial charge in [-0.05, 0) is 44.2 Å². The first-order valence-corrected chi connectivity index (χ1v) is 6.29. The summed E-state index contributed by atoms with van der Waals surface area (Å²) in [5.41, 5.74) is 1.97. The van der Waals surface area contributed by atoms with Gasteiger partial charge in [-0.15, -0.1) is 0 Å². The first kappa shape index (κ1) is 11.7. The number of fused-ring (bicyclic) bond motifs is 1. The quantitative estimate of drug-likeness (QED) is 0.719. The Morgan fingerprint density at radius 2 is 1.95 bits per heavy atom. The summed E-state index contributed by atoms with van der Waals surface area (Å²) in [7, 11) is 0. The average Bonchev–Trinajstić information content (AvgIpc) is 2.82. The standard InChI is InChI=1S/C15H15N3O/c1-11(2)19-13-6-4-12(5-7-13)14-10-18-9-3-8-16-15(18)17-14/h3-11H,1-2H3. The normalized spacial score (nSPS) is 11.1. The number of imidazole rings is 1. The van der Waals surface area contributed by atoms with Gasteiger partial charge in [0.15, 0.2) is 0 Å². The molecule has 0 aliphatic carbocycles. The molecule has 0 saturated carbocycles. The predicted octanol–water partition coefficient (Wildman–Crippen LogP) is 3.18. The zero-order chi connectivity index (χ0) is 13.2. The lowest BCUT2D eigenvalue weighted by molar-refractivity contribution is 0.242. The second kappa shape index (κ2) is 4.72. The molecule has 4 heteroatoms. The Morgan fingerprint density at radius 1 is 1.16 bits per heavy atom. The van der Waals surface area contributed by atoms with Crippen LogP contribution in [0.1, 0.15) is 13.8 Å². The minimum atomic E-state index is 0.185. The number of hydrogen-bond donors (Lipinski definition) is 0. The summed E-state index contributed by atoms with van der Waals surface area (Å²) >= 11 is 0. The van der Waals surface area contributed by atoms with Crippen molar-refractivity contribution >= 4 is 5.78 Å². The highest BCUT2D eigenvalue weighted by Crippen LogP contribution is 2.22. The molecule has 0 aliphatic heterocycles. The van der Waals surface area contributed by atoms with Gasteiger partial charge in [0, 0.05) is 24.2 Å². The molecular formula is C15H15N3O. The third-order valence-electron chi connectivity index (χ3n) is 2.76. The number of nitrogens with zero attached hydrogens (tertiary/aromatic N) is 3. The van der Waals surface area contributed by atoms with Crippen molar-refractivity contribution in [2.24, 2.45) is 0 Å². The van der Waals surface area contributed by atoms with Crippen molar-refractivity contribution in [1.29, 1.82) is 0 Å². The molecule has 0 N–H and O–H groups in total. The SMILES string of the molecule is CC(C)Oc1ccc(-c2cn3cccnc3n2)cc1. The van der Waals surface area contributed by atoms with Gasteiger partial charge in [-0.1, -0.05) is 0 Å². The molecule has 0 unspecified atom stereocenters. The van der Waals surface area contributed by atoms with Gasteiger partial charge in [-0.2, -0.15) is 0 Å². The number of rotatable bonds is 3. The van der Waals surface area contributed by atoms with Crippen molar-refractivity contribution in [3.8, 4) is 17.0 Å². The van der Waals surface area contributed by atoms with E-state index in [9.17, 15) is 0 Å². The van der Waals surface area contributed by atoms with Crippen molar-refractivity contribution in [3.63, 3.8) is 0 Å². The molecule has 2 aromatic heterocycles. The smallest absolute Gasteiger partial charge is 0.234 e. The van der Waals surface area contributed by atoms with E-state index in [1.807, 2.05) is 61.0 Å². The maximum absolute atomic E-state index is 5.63. The van der Waals surface area contributed by atoms with Crippen molar-refractivity contribution in [2.75, 3.05) is 0 Å². The highest BCUT2D eigenvalue weighted by molar-refractivity contribution is 5.62. The van der Waals surface area contributed by atoms with Crippen LogP contribution in [0.4, 0.5) is 0 Å². The van der Waals surface area contributed by atoms with Crippen molar-refractivity contribution in [2.45, 2.75) is 20.0 Å². The molecule has 0 radical (unpaired) electrons. The summed E-state index contributed by atoms with van der Waals surface area (Å²) in [5.74, 6) is 1.58. The van der Waals surface area contributed by atoms with Crippen molar-refractivity contribution in [3.05, 3.63) is 48.9 Å². The Bertz CT molecular complexity index is 653. The Balaban J connectivity index is 1.93. The van der Waals surface area contributed by atoms with Gasteiger partial charge < -0.3 is 4.74 Å². The molecular weight excluding hydrogens is 238 g/mol. The Kier molecular flexibility index (Phi) is 2.91. The molecule has 3 aromatic rings. The van der Waals surface area contributed by atoms with Crippen LogP contribution in [-0.2, 0) is 0 Å². The lowest BCUT2D eigenvalue weighted by Gasteiger charge is -2.09. The van der Waals surface area contributed by atoms with Crippen LogP contribution in [0.5, 0.6) is 5.75 Å². The largest absolute Gasteiger partial charge is 0.491 e. The minimum absolute atomic E-state index is 0.185. The molecule has 3 rings (SSSR count). The van der Waals surface area contributed by atoms with Gasteiger partial charge in [0.1, 0.15) is 5.75 Å². The second-order valence-corrected chi connectivity index (χ2v) is 4.64. The third-order valence-corrected chi connectivity index (χ3v) is 2.76. The molecule has 0 atom stereocenters. The topological polar surface area (TPSA) is 39.4 Å². The van der Waals surface area contributed by atoms with Crippen LogP contribution < -0.4 is 4.74 Å². The average molecular weight is 253 g/mol. The number of aromatic nitrogens is 3. The van der Waals surface area contributed by atoms with E-state index < -0.39 is 0 Å². The molecule has 0 aliphatic rings. The fraction of sp³-hybridized carbons (Fsp3) is 0.200. The van der Waals surface area contributed by atoms with Gasteiger partial charge in [0.05, 0.1) is 11.8 Å². The van der Waals surface area contributed by atoms with Crippen LogP contribution >= 0.6 is 0 Å². The first-order valence-electron chi connectivity index (χ1n) is 6.29. The summed E-state index contributed by atoms with van der Waals surface area (Å²) < 4.78 is 7.54. The fourth-order valence-corrected chi connectivity index (χ4v) is 1.95. The zero-order valence-electron chi connectivity index (χ0n) is 10.9. The van der Waals surface area contributed by atoms with Crippen LogP contribution in [0.2, 0.25) is 0 Å². The molecule has 0 spiro atoms. The van der Waals surface area contributed by atoms with Crippen LogP contribution in [0.15, 0.2) is 48.9 Å². The summed E-state index contributed by atoms with van der Waals surface area (Å²) in [6.45, 7) is 4.03. The number of ether oxygens (including phenoxy) is 1. The van der Waals surface area contributed by atoms with Gasteiger partial charge >= 0.3 is 0 Å². The Labute approximate surface area is 111 Å². The maximum atomic E-state index is 5.63. The van der Waals surface area contributed by atoms with E-state index >= 15 is 0 Å². The fourth-order valence-electron chi connectivity index (χ4n) is 1.95. The van der Waals surface area contributed by atoms with Gasteiger partial charge in [-0.25, -0.2) is 9.97 Å². The molecule has 0 fully saturated rings. The zero-order valence-corrected chi connectivity index (χ0v) is 10.9. The van der Waals surface area contributed by atoms with E-state index in [2.05, 4.69) is 9.97 Å². The van der Waals surface area contributed by atoms with Crippen LogP contribution in [0.25, 0.3) is 17.0 Å². The summed E-state index contributed by atoms with van der Waals surface area (Å²) in [5, 5.41) is 0. The Morgan fingerprint density at radius 3 is 2.63 bits per heavy atom. The molecule has 0 amide bonds. The summed E-state index contributed by atoms with van der Waals surface area (Å²) in [4.78, 5) is 8.70. The maximum Gasteiger partial charge on any atom is 0.234 e. The van der Waals surface area contributed by atoms with Crippen molar-refractivity contribution < 1.29 is 4.74 Å². The summed E-state index contributed by atoms with van der Waals surface area (Å²) in [6.07, 6.45) is 5.84. The highest BCUT2D eigenvalue weighted by atomic mass is 16.5. The van der Waals surface area contributed by atoms with E-state index in [1.54, 1.807) is 6.20 Å². The van der Waals surface area contributed by atoms with Gasteiger partial charge in [-0.3, -0.25) is 4.40 Å².